The molecule has 0 aliphatic heterocycles. The lowest BCUT2D eigenvalue weighted by Gasteiger charge is -2.16. The van der Waals surface area contributed by atoms with Gasteiger partial charge in [0.15, 0.2) is 0 Å². The van der Waals surface area contributed by atoms with Crippen molar-refractivity contribution in [2.24, 2.45) is 14.1 Å². The number of ether oxygens (including phenoxy) is 1. The topological polar surface area (TPSA) is 79.8 Å². The molecule has 2 heterocycles. The fraction of sp³-hybridized carbons (Fsp3) is 0.385. The number of benzene rings is 2. The van der Waals surface area contributed by atoms with Crippen LogP contribution in [-0.2, 0) is 27.1 Å². The van der Waals surface area contributed by atoms with Crippen LogP contribution in [0.1, 0.15) is 53.6 Å². The number of aromatic nitrogens is 6. The molecular weight excluding hydrogens is 428 g/mol. The molecule has 34 heavy (non-hydrogen) atoms. The number of aryl methyl sites for hydroxylation is 3. The third kappa shape index (κ3) is 3.83. The van der Waals surface area contributed by atoms with Gasteiger partial charge in [-0.2, -0.15) is 14.5 Å². The lowest BCUT2D eigenvalue weighted by molar-refractivity contribution is 0.302. The molecule has 0 bridgehead atoms. The summed E-state index contributed by atoms with van der Waals surface area (Å²) in [6.07, 6.45) is 3.26. The van der Waals surface area contributed by atoms with E-state index in [9.17, 15) is 4.79 Å². The number of rotatable bonds is 7. The summed E-state index contributed by atoms with van der Waals surface area (Å²) in [4.78, 5) is 12.5. The second kappa shape index (κ2) is 8.59. The average molecular weight is 459 g/mol. The fourth-order valence-electron chi connectivity index (χ4n) is 4.73. The predicted octanol–water partition coefficient (Wildman–Crippen LogP) is 4.00. The molecule has 0 radical (unpaired) electrons. The predicted molar refractivity (Wildman–Crippen MR) is 130 cm³/mol. The van der Waals surface area contributed by atoms with Crippen molar-refractivity contribution in [3.63, 3.8) is 0 Å². The third-order valence-electron chi connectivity index (χ3n) is 6.74. The molecule has 176 valence electrons. The van der Waals surface area contributed by atoms with E-state index >= 15 is 0 Å². The normalized spacial score (nSPS) is 13.4. The van der Waals surface area contributed by atoms with E-state index in [1.165, 1.54) is 26.2 Å². The van der Waals surface area contributed by atoms with Crippen molar-refractivity contribution in [3.8, 4) is 22.7 Å². The molecule has 0 N–H and O–H groups in total. The highest BCUT2D eigenvalue weighted by Crippen LogP contribution is 2.43. The average Bonchev–Trinajstić information content (AvgIpc) is 3.56. The van der Waals surface area contributed by atoms with Gasteiger partial charge in [-0.1, -0.05) is 19.1 Å². The highest BCUT2D eigenvalue weighted by Gasteiger charge is 2.28. The van der Waals surface area contributed by atoms with Gasteiger partial charge in [0.1, 0.15) is 12.4 Å². The first-order chi connectivity index (χ1) is 16.4. The summed E-state index contributed by atoms with van der Waals surface area (Å²) in [6, 6.07) is 12.2. The molecule has 8 nitrogen and oxygen atoms in total. The molecule has 1 saturated carbocycles. The molecule has 0 unspecified atom stereocenters. The van der Waals surface area contributed by atoms with E-state index in [1.807, 2.05) is 29.9 Å². The van der Waals surface area contributed by atoms with Crippen molar-refractivity contribution in [1.29, 1.82) is 0 Å². The smallest absolute Gasteiger partial charge is 0.368 e. The largest absolute Gasteiger partial charge is 0.489 e. The molecule has 8 heteroatoms. The molecule has 2 aromatic heterocycles. The standard InChI is InChI=1S/C26H30N6O2/c1-6-22-17(3)25(27-30(22)4)19-12-13-24(16(2)14-19)34-15-21-20(18-10-11-18)8-7-9-23(21)32-26(33)31(5)28-29-32/h7-9,12-14,18H,6,10-11,15H2,1-5H3. The quantitative estimate of drug-likeness (QED) is 0.418. The summed E-state index contributed by atoms with van der Waals surface area (Å²) in [5.41, 5.74) is 8.28. The Morgan fingerprint density at radius 1 is 1.06 bits per heavy atom. The number of nitrogens with zero attached hydrogens (tertiary/aromatic N) is 6. The second-order valence-corrected chi connectivity index (χ2v) is 9.08. The van der Waals surface area contributed by atoms with Crippen molar-refractivity contribution in [2.45, 2.75) is 52.6 Å². The summed E-state index contributed by atoms with van der Waals surface area (Å²) < 4.78 is 10.9. The molecule has 5 rings (SSSR count). The van der Waals surface area contributed by atoms with Crippen LogP contribution in [0.2, 0.25) is 0 Å². The molecule has 0 spiro atoms. The maximum absolute atomic E-state index is 12.5. The van der Waals surface area contributed by atoms with Gasteiger partial charge in [0.2, 0.25) is 0 Å². The number of hydrogen-bond acceptors (Lipinski definition) is 5. The van der Waals surface area contributed by atoms with Crippen molar-refractivity contribution >= 4 is 0 Å². The summed E-state index contributed by atoms with van der Waals surface area (Å²) in [6.45, 7) is 6.69. The highest BCUT2D eigenvalue weighted by atomic mass is 16.5. The van der Waals surface area contributed by atoms with Crippen LogP contribution in [0.3, 0.4) is 0 Å². The van der Waals surface area contributed by atoms with Crippen LogP contribution in [0.15, 0.2) is 41.2 Å². The van der Waals surface area contributed by atoms with Crippen LogP contribution in [0.4, 0.5) is 0 Å². The molecule has 4 aromatic rings. The van der Waals surface area contributed by atoms with Gasteiger partial charge in [-0.05, 0) is 90.4 Å². The number of hydrogen-bond donors (Lipinski definition) is 0. The van der Waals surface area contributed by atoms with Crippen molar-refractivity contribution in [2.75, 3.05) is 0 Å². The lowest BCUT2D eigenvalue weighted by atomic mass is 10.0. The van der Waals surface area contributed by atoms with Crippen LogP contribution in [0.5, 0.6) is 5.75 Å². The Balaban J connectivity index is 1.46. The van der Waals surface area contributed by atoms with Crippen molar-refractivity contribution in [3.05, 3.63) is 74.8 Å². The molecular formula is C26H30N6O2. The van der Waals surface area contributed by atoms with Gasteiger partial charge in [-0.15, -0.1) is 0 Å². The zero-order chi connectivity index (χ0) is 24.0. The highest BCUT2D eigenvalue weighted by molar-refractivity contribution is 5.66. The first kappa shape index (κ1) is 22.1. The summed E-state index contributed by atoms with van der Waals surface area (Å²) in [5.74, 6) is 1.32. The molecule has 2 aromatic carbocycles. The van der Waals surface area contributed by atoms with Gasteiger partial charge in [-0.25, -0.2) is 4.79 Å². The SMILES string of the molecule is CCc1c(C)c(-c2ccc(OCc3c(C4CC4)cccc3-n3nnn(C)c3=O)c(C)c2)nn1C. The zero-order valence-electron chi connectivity index (χ0n) is 20.4. The minimum atomic E-state index is -0.271. The Morgan fingerprint density at radius 2 is 1.85 bits per heavy atom. The van der Waals surface area contributed by atoms with Crippen LogP contribution >= 0.6 is 0 Å². The van der Waals surface area contributed by atoms with Crippen molar-refractivity contribution < 1.29 is 4.74 Å². The van der Waals surface area contributed by atoms with Gasteiger partial charge in [0.25, 0.3) is 0 Å². The summed E-state index contributed by atoms with van der Waals surface area (Å²) in [5, 5.41) is 12.7. The maximum Gasteiger partial charge on any atom is 0.368 e. The molecule has 1 aliphatic rings. The fourth-order valence-corrected chi connectivity index (χ4v) is 4.73. The van der Waals surface area contributed by atoms with E-state index in [0.29, 0.717) is 12.5 Å². The van der Waals surface area contributed by atoms with Crippen LogP contribution < -0.4 is 10.4 Å². The maximum atomic E-state index is 12.5. The molecule has 1 fully saturated rings. The minimum Gasteiger partial charge on any atom is -0.489 e. The van der Waals surface area contributed by atoms with E-state index in [2.05, 4.69) is 49.4 Å². The molecule has 0 amide bonds. The molecule has 1 aliphatic carbocycles. The number of tetrazole rings is 1. The summed E-state index contributed by atoms with van der Waals surface area (Å²) in [7, 11) is 3.60. The van der Waals surface area contributed by atoms with Crippen LogP contribution in [0, 0.1) is 13.8 Å². The summed E-state index contributed by atoms with van der Waals surface area (Å²) >= 11 is 0. The minimum absolute atomic E-state index is 0.271. The van der Waals surface area contributed by atoms with E-state index < -0.39 is 0 Å². The van der Waals surface area contributed by atoms with E-state index in [1.54, 1.807) is 7.05 Å². The van der Waals surface area contributed by atoms with Gasteiger partial charge in [0.05, 0.1) is 11.4 Å². The van der Waals surface area contributed by atoms with Gasteiger partial charge >= 0.3 is 5.69 Å². The Hall–Kier alpha value is -3.68. The molecule has 0 atom stereocenters. The third-order valence-corrected chi connectivity index (χ3v) is 6.74. The monoisotopic (exact) mass is 458 g/mol. The van der Waals surface area contributed by atoms with E-state index in [0.717, 1.165) is 53.1 Å². The Bertz CT molecular complexity index is 1420. The Morgan fingerprint density at radius 3 is 2.47 bits per heavy atom. The van der Waals surface area contributed by atoms with E-state index in [-0.39, 0.29) is 5.69 Å². The van der Waals surface area contributed by atoms with Gasteiger partial charge in [0, 0.05) is 30.9 Å². The Kier molecular flexibility index (Phi) is 5.59. The van der Waals surface area contributed by atoms with Crippen LogP contribution in [0.25, 0.3) is 16.9 Å². The van der Waals surface area contributed by atoms with Gasteiger partial charge in [-0.3, -0.25) is 4.68 Å². The molecule has 0 saturated heterocycles. The van der Waals surface area contributed by atoms with E-state index in [4.69, 9.17) is 9.84 Å². The van der Waals surface area contributed by atoms with Crippen LogP contribution in [-0.4, -0.2) is 29.6 Å². The Labute approximate surface area is 198 Å². The lowest BCUT2D eigenvalue weighted by Crippen LogP contribution is -2.23. The van der Waals surface area contributed by atoms with Gasteiger partial charge < -0.3 is 4.74 Å². The zero-order valence-corrected chi connectivity index (χ0v) is 20.4. The first-order valence-electron chi connectivity index (χ1n) is 11.8. The second-order valence-electron chi connectivity index (χ2n) is 9.08. The van der Waals surface area contributed by atoms with Crippen molar-refractivity contribution in [1.82, 2.24) is 29.6 Å². The first-order valence-corrected chi connectivity index (χ1v) is 11.8.